The normalized spacial score (nSPS) is 12.7. The molecular formula is C19H12O4. The highest BCUT2D eigenvalue weighted by atomic mass is 16.5. The van der Waals surface area contributed by atoms with Crippen LogP contribution in [0.15, 0.2) is 59.0 Å². The van der Waals surface area contributed by atoms with E-state index in [1.165, 1.54) is 7.11 Å². The van der Waals surface area contributed by atoms with E-state index >= 15 is 0 Å². The van der Waals surface area contributed by atoms with E-state index in [2.05, 4.69) is 0 Å². The minimum Gasteiger partial charge on any atom is -0.497 e. The van der Waals surface area contributed by atoms with Gasteiger partial charge < -0.3 is 9.15 Å². The molecule has 3 aromatic rings. The Morgan fingerprint density at radius 2 is 1.61 bits per heavy atom. The number of carbonyl (C=O) groups excluding carboxylic acids is 2. The summed E-state index contributed by atoms with van der Waals surface area (Å²) in [5, 5.41) is 0. The van der Waals surface area contributed by atoms with Crippen molar-refractivity contribution in [2.45, 2.75) is 0 Å². The minimum atomic E-state index is -0.296. The highest BCUT2D eigenvalue weighted by Crippen LogP contribution is 2.34. The number of fused-ring (bicyclic) bond motifs is 2. The molecule has 0 atom stereocenters. The van der Waals surface area contributed by atoms with Crippen LogP contribution in [-0.4, -0.2) is 18.7 Å². The van der Waals surface area contributed by atoms with Crippen molar-refractivity contribution in [3.05, 3.63) is 77.0 Å². The van der Waals surface area contributed by atoms with Crippen LogP contribution in [0.4, 0.5) is 0 Å². The van der Waals surface area contributed by atoms with Crippen molar-refractivity contribution in [1.29, 1.82) is 0 Å². The molecule has 0 bridgehead atoms. The lowest BCUT2D eigenvalue weighted by atomic mass is 9.88. The fraction of sp³-hybridized carbons (Fsp3) is 0.0526. The number of benzene rings is 2. The van der Waals surface area contributed by atoms with Gasteiger partial charge in [0.25, 0.3) is 0 Å². The molecule has 0 spiro atoms. The summed E-state index contributed by atoms with van der Waals surface area (Å²) in [6.45, 7) is 0. The van der Waals surface area contributed by atoms with Gasteiger partial charge in [-0.1, -0.05) is 30.3 Å². The van der Waals surface area contributed by atoms with Crippen LogP contribution in [0.25, 0.3) is 11.3 Å². The molecular weight excluding hydrogens is 292 g/mol. The lowest BCUT2D eigenvalue weighted by molar-refractivity contribution is 0.0960. The van der Waals surface area contributed by atoms with Gasteiger partial charge in [-0.25, -0.2) is 0 Å². The number of ether oxygens (including phenoxy) is 1. The van der Waals surface area contributed by atoms with Gasteiger partial charge in [-0.15, -0.1) is 0 Å². The zero-order valence-corrected chi connectivity index (χ0v) is 12.3. The van der Waals surface area contributed by atoms with E-state index in [1.54, 1.807) is 24.3 Å². The van der Waals surface area contributed by atoms with Gasteiger partial charge >= 0.3 is 0 Å². The molecule has 1 aromatic heterocycles. The number of methoxy groups -OCH3 is 1. The number of rotatable bonds is 2. The van der Waals surface area contributed by atoms with Gasteiger partial charge in [0, 0.05) is 16.7 Å². The minimum absolute atomic E-state index is 0.0922. The van der Waals surface area contributed by atoms with Gasteiger partial charge in [0.1, 0.15) is 11.5 Å². The Balaban J connectivity index is 1.88. The third-order valence-corrected chi connectivity index (χ3v) is 3.96. The maximum absolute atomic E-state index is 12.7. The number of hydrogen-bond donors (Lipinski definition) is 0. The molecule has 1 aliphatic carbocycles. The Bertz CT molecular complexity index is 935. The quantitative estimate of drug-likeness (QED) is 0.566. The Hall–Kier alpha value is -3.14. The average Bonchev–Trinajstić information content (AvgIpc) is 3.06. The second-order valence-electron chi connectivity index (χ2n) is 5.29. The van der Waals surface area contributed by atoms with Crippen molar-refractivity contribution in [2.75, 3.05) is 7.11 Å². The third-order valence-electron chi connectivity index (χ3n) is 3.96. The number of furan rings is 1. The highest BCUT2D eigenvalue weighted by molar-refractivity contribution is 6.27. The monoisotopic (exact) mass is 304 g/mol. The van der Waals surface area contributed by atoms with E-state index in [9.17, 15) is 9.59 Å². The Labute approximate surface area is 132 Å². The molecule has 4 heteroatoms. The smallest absolute Gasteiger partial charge is 0.229 e. The Morgan fingerprint density at radius 1 is 0.826 bits per heavy atom. The maximum Gasteiger partial charge on any atom is 0.229 e. The zero-order valence-electron chi connectivity index (χ0n) is 12.3. The van der Waals surface area contributed by atoms with E-state index in [0.29, 0.717) is 28.2 Å². The fourth-order valence-electron chi connectivity index (χ4n) is 2.78. The summed E-state index contributed by atoms with van der Waals surface area (Å²) in [6.07, 6.45) is 0. The summed E-state index contributed by atoms with van der Waals surface area (Å²) in [5.41, 5.74) is 1.83. The van der Waals surface area contributed by atoms with Crippen LogP contribution in [0.3, 0.4) is 0 Å². The van der Waals surface area contributed by atoms with Crippen molar-refractivity contribution in [2.24, 2.45) is 0 Å². The van der Waals surface area contributed by atoms with Crippen molar-refractivity contribution in [3.63, 3.8) is 0 Å². The maximum atomic E-state index is 12.7. The lowest BCUT2D eigenvalue weighted by Crippen LogP contribution is -2.19. The molecule has 4 nitrogen and oxygen atoms in total. The molecule has 2 aromatic carbocycles. The van der Waals surface area contributed by atoms with Crippen LogP contribution < -0.4 is 4.74 Å². The zero-order chi connectivity index (χ0) is 16.0. The van der Waals surface area contributed by atoms with Crippen molar-refractivity contribution in [3.8, 4) is 17.1 Å². The van der Waals surface area contributed by atoms with Gasteiger partial charge in [0.15, 0.2) is 11.5 Å². The number of ketones is 2. The van der Waals surface area contributed by atoms with E-state index in [-0.39, 0.29) is 17.3 Å². The van der Waals surface area contributed by atoms with Crippen molar-refractivity contribution in [1.82, 2.24) is 0 Å². The van der Waals surface area contributed by atoms with Crippen molar-refractivity contribution < 1.29 is 18.7 Å². The van der Waals surface area contributed by atoms with E-state index in [1.807, 2.05) is 30.3 Å². The second-order valence-corrected chi connectivity index (χ2v) is 5.29. The largest absolute Gasteiger partial charge is 0.497 e. The van der Waals surface area contributed by atoms with E-state index in [4.69, 9.17) is 9.15 Å². The summed E-state index contributed by atoms with van der Waals surface area (Å²) in [6, 6.07) is 15.9. The molecule has 23 heavy (non-hydrogen) atoms. The summed E-state index contributed by atoms with van der Waals surface area (Å²) in [5.74, 6) is 0.633. The van der Waals surface area contributed by atoms with Crippen LogP contribution in [0.1, 0.15) is 32.0 Å². The summed E-state index contributed by atoms with van der Waals surface area (Å²) >= 11 is 0. The first kappa shape index (κ1) is 13.5. The first-order chi connectivity index (χ1) is 11.2. The molecule has 0 aliphatic heterocycles. The van der Waals surface area contributed by atoms with Crippen molar-refractivity contribution >= 4 is 11.6 Å². The second kappa shape index (κ2) is 4.95. The standard InChI is InChI=1S/C19H12O4/c1-22-12-7-8-13-14(9-12)18(21)19-15(17(13)20)10-16(23-19)11-5-3-2-4-6-11/h2-10H,1H3. The lowest BCUT2D eigenvalue weighted by Gasteiger charge is -2.13. The fourth-order valence-corrected chi connectivity index (χ4v) is 2.78. The molecule has 0 N–H and O–H groups in total. The molecule has 0 saturated carbocycles. The molecule has 1 heterocycles. The summed E-state index contributed by atoms with van der Waals surface area (Å²) in [7, 11) is 1.52. The van der Waals surface area contributed by atoms with E-state index < -0.39 is 0 Å². The van der Waals surface area contributed by atoms with Crippen LogP contribution in [0.5, 0.6) is 5.75 Å². The number of hydrogen-bond acceptors (Lipinski definition) is 4. The van der Waals surface area contributed by atoms with Crippen LogP contribution >= 0.6 is 0 Å². The SMILES string of the molecule is COc1ccc2c(c1)C(=O)c1oc(-c3ccccc3)cc1C2=O. The number of carbonyl (C=O) groups is 2. The van der Waals surface area contributed by atoms with Gasteiger partial charge in [0.2, 0.25) is 5.78 Å². The van der Waals surface area contributed by atoms with Crippen LogP contribution in [-0.2, 0) is 0 Å². The van der Waals surface area contributed by atoms with Gasteiger partial charge in [-0.05, 0) is 24.3 Å². The predicted octanol–water partition coefficient (Wildman–Crippen LogP) is 3.73. The Morgan fingerprint density at radius 3 is 2.35 bits per heavy atom. The highest BCUT2D eigenvalue weighted by Gasteiger charge is 2.34. The molecule has 0 radical (unpaired) electrons. The topological polar surface area (TPSA) is 56.5 Å². The molecule has 0 unspecified atom stereocenters. The average molecular weight is 304 g/mol. The van der Waals surface area contributed by atoms with Crippen LogP contribution in [0, 0.1) is 0 Å². The molecule has 0 amide bonds. The Kier molecular flexibility index (Phi) is 2.91. The first-order valence-corrected chi connectivity index (χ1v) is 7.15. The van der Waals surface area contributed by atoms with Crippen LogP contribution in [0.2, 0.25) is 0 Å². The molecule has 1 aliphatic rings. The third kappa shape index (κ3) is 1.99. The predicted molar refractivity (Wildman–Crippen MR) is 84.0 cm³/mol. The molecule has 112 valence electrons. The summed E-state index contributed by atoms with van der Waals surface area (Å²) in [4.78, 5) is 25.3. The molecule has 0 saturated heterocycles. The van der Waals surface area contributed by atoms with Gasteiger partial charge in [-0.2, -0.15) is 0 Å². The van der Waals surface area contributed by atoms with E-state index in [0.717, 1.165) is 5.56 Å². The van der Waals surface area contributed by atoms with Gasteiger partial charge in [-0.3, -0.25) is 9.59 Å². The molecule has 0 fully saturated rings. The van der Waals surface area contributed by atoms with Gasteiger partial charge in [0.05, 0.1) is 12.7 Å². The first-order valence-electron chi connectivity index (χ1n) is 7.15. The summed E-state index contributed by atoms with van der Waals surface area (Å²) < 4.78 is 10.8. The molecule has 4 rings (SSSR count).